The quantitative estimate of drug-likeness (QED) is 0.423. The van der Waals surface area contributed by atoms with Crippen LogP contribution in [0, 0.1) is 5.82 Å². The maximum Gasteiger partial charge on any atom is 0.191 e. The molecular weight excluding hydrogens is 355 g/mol. The zero-order valence-corrected chi connectivity index (χ0v) is 15.2. The van der Waals surface area contributed by atoms with E-state index in [-0.39, 0.29) is 5.82 Å². The fourth-order valence-corrected chi connectivity index (χ4v) is 3.10. The third-order valence-corrected chi connectivity index (χ3v) is 4.50. The molecular formula is C18H19FN4O2S. The van der Waals surface area contributed by atoms with Gasteiger partial charge >= 0.3 is 0 Å². The molecule has 0 saturated heterocycles. The highest BCUT2D eigenvalue weighted by Crippen LogP contribution is 2.23. The minimum Gasteiger partial charge on any atom is -0.493 e. The Balaban J connectivity index is 1.63. The Bertz CT molecular complexity index is 812. The van der Waals surface area contributed by atoms with E-state index in [1.165, 1.54) is 12.1 Å². The summed E-state index contributed by atoms with van der Waals surface area (Å²) in [5.74, 6) is 1.84. The first-order valence-electron chi connectivity index (χ1n) is 8.11. The van der Waals surface area contributed by atoms with E-state index >= 15 is 0 Å². The number of hydrogen-bond donors (Lipinski definition) is 0. The summed E-state index contributed by atoms with van der Waals surface area (Å²) in [6.45, 7) is 1.70. The lowest BCUT2D eigenvalue weighted by Crippen LogP contribution is -2.08. The molecule has 3 rings (SSSR count). The third kappa shape index (κ3) is 4.80. The van der Waals surface area contributed by atoms with Crippen LogP contribution >= 0.6 is 11.8 Å². The molecule has 0 unspecified atom stereocenters. The summed E-state index contributed by atoms with van der Waals surface area (Å²) in [6, 6.07) is 9.79. The predicted molar refractivity (Wildman–Crippen MR) is 97.7 cm³/mol. The molecule has 2 heterocycles. The van der Waals surface area contributed by atoms with Gasteiger partial charge in [0.25, 0.3) is 0 Å². The maximum absolute atomic E-state index is 12.9. The van der Waals surface area contributed by atoms with Gasteiger partial charge in [0.15, 0.2) is 11.0 Å². The Morgan fingerprint density at radius 2 is 1.81 bits per heavy atom. The first kappa shape index (κ1) is 18.3. The van der Waals surface area contributed by atoms with Gasteiger partial charge in [0.1, 0.15) is 11.6 Å². The zero-order chi connectivity index (χ0) is 18.2. The molecule has 0 saturated carbocycles. The molecule has 0 N–H and O–H groups in total. The third-order valence-electron chi connectivity index (χ3n) is 3.57. The topological polar surface area (TPSA) is 62.1 Å². The number of methoxy groups -OCH3 is 1. The molecule has 0 amide bonds. The van der Waals surface area contributed by atoms with E-state index in [1.54, 1.807) is 43.4 Å². The molecule has 8 heteroatoms. The Kier molecular flexibility index (Phi) is 6.56. The maximum atomic E-state index is 12.9. The highest BCUT2D eigenvalue weighted by atomic mass is 32.2. The van der Waals surface area contributed by atoms with Crippen LogP contribution in [0.15, 0.2) is 53.9 Å². The monoisotopic (exact) mass is 374 g/mol. The fourth-order valence-electron chi connectivity index (χ4n) is 2.32. The largest absolute Gasteiger partial charge is 0.493 e. The highest BCUT2D eigenvalue weighted by Gasteiger charge is 2.14. The first-order valence-corrected chi connectivity index (χ1v) is 9.10. The molecule has 3 aromatic rings. The minimum absolute atomic E-state index is 0.276. The molecule has 0 aliphatic carbocycles. The Labute approximate surface area is 155 Å². The van der Waals surface area contributed by atoms with Gasteiger partial charge in [0.2, 0.25) is 0 Å². The number of hydrogen-bond acceptors (Lipinski definition) is 6. The Hall–Kier alpha value is -2.45. The van der Waals surface area contributed by atoms with Crippen molar-refractivity contribution in [1.29, 1.82) is 0 Å². The number of ether oxygens (including phenoxy) is 2. The van der Waals surface area contributed by atoms with E-state index in [1.807, 2.05) is 16.7 Å². The van der Waals surface area contributed by atoms with Gasteiger partial charge < -0.3 is 9.47 Å². The average Bonchev–Trinajstić information content (AvgIpc) is 3.08. The molecule has 26 heavy (non-hydrogen) atoms. The van der Waals surface area contributed by atoms with Gasteiger partial charge in [-0.15, -0.1) is 10.2 Å². The van der Waals surface area contributed by atoms with Gasteiger partial charge in [-0.2, -0.15) is 0 Å². The molecule has 0 fully saturated rings. The Morgan fingerprint density at radius 3 is 2.54 bits per heavy atom. The summed E-state index contributed by atoms with van der Waals surface area (Å²) >= 11 is 1.55. The van der Waals surface area contributed by atoms with E-state index in [9.17, 15) is 4.39 Å². The van der Waals surface area contributed by atoms with E-state index in [0.29, 0.717) is 31.3 Å². The lowest BCUT2D eigenvalue weighted by atomic mass is 10.2. The van der Waals surface area contributed by atoms with Gasteiger partial charge in [-0.25, -0.2) is 4.39 Å². The van der Waals surface area contributed by atoms with Crippen molar-refractivity contribution in [3.63, 3.8) is 0 Å². The van der Waals surface area contributed by atoms with Gasteiger partial charge in [-0.1, -0.05) is 11.8 Å². The van der Waals surface area contributed by atoms with E-state index in [2.05, 4.69) is 15.2 Å². The van der Waals surface area contributed by atoms with E-state index in [4.69, 9.17) is 9.47 Å². The van der Waals surface area contributed by atoms with Crippen LogP contribution in [0.25, 0.3) is 11.4 Å². The highest BCUT2D eigenvalue weighted by molar-refractivity contribution is 7.99. The van der Waals surface area contributed by atoms with Crippen LogP contribution < -0.4 is 4.74 Å². The fraction of sp³-hybridized carbons (Fsp3) is 0.278. The number of nitrogens with zero attached hydrogens (tertiary/aromatic N) is 4. The van der Waals surface area contributed by atoms with Gasteiger partial charge in [-0.05, 0) is 36.4 Å². The SMILES string of the molecule is COCCn1c(SCCOc2ccc(F)cc2)nnc1-c1ccncc1. The number of halogens is 1. The van der Waals surface area contributed by atoms with Crippen LogP contribution in [-0.4, -0.2) is 45.8 Å². The molecule has 0 atom stereocenters. The second kappa shape index (κ2) is 9.30. The van der Waals surface area contributed by atoms with Crippen molar-refractivity contribution < 1.29 is 13.9 Å². The predicted octanol–water partition coefficient (Wildman–Crippen LogP) is 3.30. The lowest BCUT2D eigenvalue weighted by molar-refractivity contribution is 0.185. The molecule has 2 aromatic heterocycles. The van der Waals surface area contributed by atoms with E-state index in [0.717, 1.165) is 16.5 Å². The van der Waals surface area contributed by atoms with Crippen LogP contribution in [0.3, 0.4) is 0 Å². The summed E-state index contributed by atoms with van der Waals surface area (Å²) in [7, 11) is 1.67. The molecule has 0 bridgehead atoms. The summed E-state index contributed by atoms with van der Waals surface area (Å²) in [5.41, 5.74) is 0.956. The Morgan fingerprint density at radius 1 is 1.04 bits per heavy atom. The van der Waals surface area contributed by atoms with Crippen molar-refractivity contribution in [3.8, 4) is 17.1 Å². The number of rotatable bonds is 9. The van der Waals surface area contributed by atoms with Crippen LogP contribution in [0.1, 0.15) is 0 Å². The lowest BCUT2D eigenvalue weighted by Gasteiger charge is -2.10. The number of thioether (sulfide) groups is 1. The minimum atomic E-state index is -0.276. The molecule has 0 spiro atoms. The first-order chi connectivity index (χ1) is 12.8. The summed E-state index contributed by atoms with van der Waals surface area (Å²) < 4.78 is 25.7. The van der Waals surface area contributed by atoms with Crippen molar-refractivity contribution in [2.75, 3.05) is 26.1 Å². The van der Waals surface area contributed by atoms with Gasteiger partial charge in [0, 0.05) is 30.8 Å². The molecule has 0 aliphatic rings. The normalized spacial score (nSPS) is 10.8. The second-order valence-corrected chi connectivity index (χ2v) is 6.40. The van der Waals surface area contributed by atoms with Crippen LogP contribution in [0.2, 0.25) is 0 Å². The van der Waals surface area contributed by atoms with Crippen molar-refractivity contribution >= 4 is 11.8 Å². The van der Waals surface area contributed by atoms with Crippen molar-refractivity contribution in [2.45, 2.75) is 11.7 Å². The van der Waals surface area contributed by atoms with E-state index < -0.39 is 0 Å². The standard InChI is InChI=1S/C18H19FN4O2S/c1-24-11-10-23-17(14-6-8-20-9-7-14)21-22-18(23)26-13-12-25-16-4-2-15(19)3-5-16/h2-9H,10-13H2,1H3. The number of benzene rings is 1. The number of pyridine rings is 1. The smallest absolute Gasteiger partial charge is 0.191 e. The summed E-state index contributed by atoms with van der Waals surface area (Å²) in [5, 5.41) is 9.41. The second-order valence-electron chi connectivity index (χ2n) is 5.34. The molecule has 136 valence electrons. The van der Waals surface area contributed by atoms with Crippen molar-refractivity contribution in [2.24, 2.45) is 0 Å². The van der Waals surface area contributed by atoms with Crippen LogP contribution in [0.5, 0.6) is 5.75 Å². The van der Waals surface area contributed by atoms with Crippen LogP contribution in [-0.2, 0) is 11.3 Å². The van der Waals surface area contributed by atoms with Crippen molar-refractivity contribution in [1.82, 2.24) is 19.7 Å². The van der Waals surface area contributed by atoms with Gasteiger partial charge in [-0.3, -0.25) is 9.55 Å². The molecule has 0 radical (unpaired) electrons. The average molecular weight is 374 g/mol. The summed E-state index contributed by atoms with van der Waals surface area (Å²) in [6.07, 6.45) is 3.46. The summed E-state index contributed by atoms with van der Waals surface area (Å²) in [4.78, 5) is 4.04. The van der Waals surface area contributed by atoms with Gasteiger partial charge in [0.05, 0.1) is 19.8 Å². The number of aromatic nitrogens is 4. The molecule has 0 aliphatic heterocycles. The molecule has 1 aromatic carbocycles. The van der Waals surface area contributed by atoms with Crippen molar-refractivity contribution in [3.05, 3.63) is 54.6 Å². The molecule has 6 nitrogen and oxygen atoms in total. The zero-order valence-electron chi connectivity index (χ0n) is 14.3. The van der Waals surface area contributed by atoms with Crippen LogP contribution in [0.4, 0.5) is 4.39 Å².